The summed E-state index contributed by atoms with van der Waals surface area (Å²) in [5.41, 5.74) is 13.4. The number of halogens is 1. The fourth-order valence-corrected chi connectivity index (χ4v) is 1.65. The Bertz CT molecular complexity index is 519. The van der Waals surface area contributed by atoms with Gasteiger partial charge in [0.2, 0.25) is 0 Å². The number of rotatable bonds is 2. The van der Waals surface area contributed by atoms with Crippen LogP contribution in [-0.2, 0) is 13.6 Å². The third-order valence-corrected chi connectivity index (χ3v) is 2.36. The predicted octanol–water partition coefficient (Wildman–Crippen LogP) is 1.27. The summed E-state index contributed by atoms with van der Waals surface area (Å²) < 4.78 is 14.9. The Kier molecular flexibility index (Phi) is 2.62. The monoisotopic (exact) mass is 220 g/mol. The van der Waals surface area contributed by atoms with Gasteiger partial charge in [-0.25, -0.2) is 4.39 Å². The van der Waals surface area contributed by atoms with Crippen LogP contribution in [-0.4, -0.2) is 9.78 Å². The minimum absolute atomic E-state index is 0.297. The Balaban J connectivity index is 2.55. The second-order valence-corrected chi connectivity index (χ2v) is 3.65. The maximum Gasteiger partial charge on any atom is 0.153 e. The molecule has 0 aliphatic heterocycles. The highest BCUT2D eigenvalue weighted by Gasteiger charge is 2.08. The number of hydrogen-bond donors (Lipinski definition) is 2. The lowest BCUT2D eigenvalue weighted by atomic mass is 10.1. The molecule has 0 saturated carbocycles. The molecule has 84 valence electrons. The average molecular weight is 220 g/mol. The van der Waals surface area contributed by atoms with Gasteiger partial charge in [-0.3, -0.25) is 4.68 Å². The molecule has 0 fully saturated rings. The minimum atomic E-state index is -0.318. The summed E-state index contributed by atoms with van der Waals surface area (Å²) in [6.07, 6.45) is 1.75. The van der Waals surface area contributed by atoms with Crippen LogP contribution in [0.2, 0.25) is 0 Å². The molecule has 0 amide bonds. The number of aryl methyl sites for hydroxylation is 1. The zero-order valence-electron chi connectivity index (χ0n) is 8.94. The van der Waals surface area contributed by atoms with Crippen LogP contribution >= 0.6 is 0 Å². The molecule has 0 unspecified atom stereocenters. The zero-order chi connectivity index (χ0) is 11.7. The fraction of sp³-hybridized carbons (Fsp3) is 0.182. The van der Waals surface area contributed by atoms with Gasteiger partial charge in [0.15, 0.2) is 5.82 Å². The van der Waals surface area contributed by atoms with Crippen molar-refractivity contribution in [2.75, 3.05) is 5.73 Å². The zero-order valence-corrected chi connectivity index (χ0v) is 8.94. The van der Waals surface area contributed by atoms with Crippen molar-refractivity contribution in [2.45, 2.75) is 6.54 Å². The van der Waals surface area contributed by atoms with E-state index in [2.05, 4.69) is 5.10 Å². The van der Waals surface area contributed by atoms with Gasteiger partial charge in [-0.2, -0.15) is 5.10 Å². The topological polar surface area (TPSA) is 69.9 Å². The number of hydrogen-bond acceptors (Lipinski definition) is 3. The fourth-order valence-electron chi connectivity index (χ4n) is 1.65. The van der Waals surface area contributed by atoms with Gasteiger partial charge in [0.1, 0.15) is 5.82 Å². The highest BCUT2D eigenvalue weighted by molar-refractivity contribution is 5.73. The molecule has 16 heavy (non-hydrogen) atoms. The van der Waals surface area contributed by atoms with Crippen LogP contribution in [0.5, 0.6) is 0 Å². The van der Waals surface area contributed by atoms with Crippen molar-refractivity contribution < 1.29 is 4.39 Å². The summed E-state index contributed by atoms with van der Waals surface area (Å²) in [6.45, 7) is 0.297. The van der Waals surface area contributed by atoms with E-state index in [-0.39, 0.29) is 5.82 Å². The van der Waals surface area contributed by atoms with E-state index in [9.17, 15) is 4.39 Å². The van der Waals surface area contributed by atoms with E-state index < -0.39 is 0 Å². The summed E-state index contributed by atoms with van der Waals surface area (Å²) in [6, 6.07) is 4.65. The van der Waals surface area contributed by atoms with Gasteiger partial charge in [-0.15, -0.1) is 0 Å². The largest absolute Gasteiger partial charge is 0.382 e. The number of benzene rings is 1. The van der Waals surface area contributed by atoms with Crippen LogP contribution in [0, 0.1) is 5.82 Å². The van der Waals surface area contributed by atoms with Crippen molar-refractivity contribution in [3.63, 3.8) is 0 Å². The minimum Gasteiger partial charge on any atom is -0.382 e. The summed E-state index contributed by atoms with van der Waals surface area (Å²) in [5.74, 6) is 0.0669. The molecule has 0 aliphatic rings. The first-order valence-corrected chi connectivity index (χ1v) is 4.89. The van der Waals surface area contributed by atoms with Gasteiger partial charge in [0.05, 0.1) is 0 Å². The molecule has 5 heteroatoms. The van der Waals surface area contributed by atoms with Crippen molar-refractivity contribution >= 4 is 5.82 Å². The maximum atomic E-state index is 13.3. The Morgan fingerprint density at radius 3 is 2.69 bits per heavy atom. The smallest absolute Gasteiger partial charge is 0.153 e. The molecule has 0 aliphatic carbocycles. The molecule has 1 aromatic heterocycles. The van der Waals surface area contributed by atoms with Crippen molar-refractivity contribution in [3.8, 4) is 11.1 Å². The molecule has 4 nitrogen and oxygen atoms in total. The SMILES string of the molecule is Cn1cc(-c2cc(F)cc(CN)c2)c(N)n1. The van der Waals surface area contributed by atoms with Crippen molar-refractivity contribution in [2.24, 2.45) is 12.8 Å². The van der Waals surface area contributed by atoms with Crippen molar-refractivity contribution in [1.82, 2.24) is 9.78 Å². The van der Waals surface area contributed by atoms with Crippen LogP contribution in [0.1, 0.15) is 5.56 Å². The lowest BCUT2D eigenvalue weighted by molar-refractivity contribution is 0.626. The van der Waals surface area contributed by atoms with Crippen molar-refractivity contribution in [1.29, 1.82) is 0 Å². The molecule has 4 N–H and O–H groups in total. The first-order chi connectivity index (χ1) is 7.60. The van der Waals surface area contributed by atoms with Crippen LogP contribution in [0.15, 0.2) is 24.4 Å². The third kappa shape index (κ3) is 1.90. The highest BCUT2D eigenvalue weighted by atomic mass is 19.1. The van der Waals surface area contributed by atoms with Gasteiger partial charge in [-0.1, -0.05) is 0 Å². The molecule has 0 spiro atoms. The molecule has 1 aromatic carbocycles. The van der Waals surface area contributed by atoms with Gasteiger partial charge in [0, 0.05) is 25.4 Å². The van der Waals surface area contributed by atoms with Crippen LogP contribution < -0.4 is 11.5 Å². The molecule has 2 rings (SSSR count). The van der Waals surface area contributed by atoms with Gasteiger partial charge in [-0.05, 0) is 29.3 Å². The first-order valence-electron chi connectivity index (χ1n) is 4.89. The second-order valence-electron chi connectivity index (χ2n) is 3.65. The molecule has 2 aromatic rings. The normalized spacial score (nSPS) is 10.7. The van der Waals surface area contributed by atoms with E-state index >= 15 is 0 Å². The van der Waals surface area contributed by atoms with Crippen LogP contribution in [0.3, 0.4) is 0 Å². The van der Waals surface area contributed by atoms with E-state index in [1.807, 2.05) is 6.07 Å². The van der Waals surface area contributed by atoms with Crippen molar-refractivity contribution in [3.05, 3.63) is 35.8 Å². The Hall–Kier alpha value is -1.88. The van der Waals surface area contributed by atoms with E-state index in [4.69, 9.17) is 11.5 Å². The van der Waals surface area contributed by atoms with E-state index in [1.54, 1.807) is 17.9 Å². The van der Waals surface area contributed by atoms with E-state index in [0.717, 1.165) is 11.1 Å². The molecule has 1 heterocycles. The Morgan fingerprint density at radius 2 is 2.12 bits per heavy atom. The number of anilines is 1. The molecule has 0 radical (unpaired) electrons. The lowest BCUT2D eigenvalue weighted by Crippen LogP contribution is -1.97. The van der Waals surface area contributed by atoms with Crippen LogP contribution in [0.4, 0.5) is 10.2 Å². The summed E-state index contributed by atoms with van der Waals surface area (Å²) in [5, 5.41) is 4.01. The number of nitrogens with zero attached hydrogens (tertiary/aromatic N) is 2. The standard InChI is InChI=1S/C11H13FN4/c1-16-6-10(11(14)15-16)8-2-7(5-13)3-9(12)4-8/h2-4,6H,5,13H2,1H3,(H2,14,15). The highest BCUT2D eigenvalue weighted by Crippen LogP contribution is 2.26. The van der Waals surface area contributed by atoms with E-state index in [1.165, 1.54) is 12.1 Å². The van der Waals surface area contributed by atoms with Gasteiger partial charge >= 0.3 is 0 Å². The lowest BCUT2D eigenvalue weighted by Gasteiger charge is -2.03. The summed E-state index contributed by atoms with van der Waals surface area (Å²) in [7, 11) is 1.77. The Morgan fingerprint density at radius 1 is 1.38 bits per heavy atom. The second kappa shape index (κ2) is 3.94. The summed E-state index contributed by atoms with van der Waals surface area (Å²) >= 11 is 0. The Labute approximate surface area is 92.7 Å². The predicted molar refractivity (Wildman–Crippen MR) is 60.9 cm³/mol. The average Bonchev–Trinajstić information content (AvgIpc) is 2.57. The maximum absolute atomic E-state index is 13.3. The number of aromatic nitrogens is 2. The van der Waals surface area contributed by atoms with Gasteiger partial charge in [0.25, 0.3) is 0 Å². The first kappa shape index (κ1) is 10.6. The molecular formula is C11H13FN4. The quantitative estimate of drug-likeness (QED) is 0.800. The summed E-state index contributed by atoms with van der Waals surface area (Å²) in [4.78, 5) is 0. The van der Waals surface area contributed by atoms with Crippen LogP contribution in [0.25, 0.3) is 11.1 Å². The van der Waals surface area contributed by atoms with E-state index in [0.29, 0.717) is 17.9 Å². The number of nitrogens with two attached hydrogens (primary N) is 2. The number of nitrogen functional groups attached to an aromatic ring is 1. The molecular weight excluding hydrogens is 207 g/mol. The molecule has 0 saturated heterocycles. The molecule has 0 atom stereocenters. The third-order valence-electron chi connectivity index (χ3n) is 2.36. The molecule has 0 bridgehead atoms. The van der Waals surface area contributed by atoms with Gasteiger partial charge < -0.3 is 11.5 Å².